The summed E-state index contributed by atoms with van der Waals surface area (Å²) in [7, 11) is 0. The van der Waals surface area contributed by atoms with Crippen LogP contribution in [-0.2, 0) is 11.3 Å². The van der Waals surface area contributed by atoms with Gasteiger partial charge >= 0.3 is 0 Å². The van der Waals surface area contributed by atoms with Crippen LogP contribution in [-0.4, -0.2) is 24.0 Å². The molecule has 0 aromatic heterocycles. The van der Waals surface area contributed by atoms with Crippen LogP contribution in [0.15, 0.2) is 18.2 Å². The van der Waals surface area contributed by atoms with Crippen LogP contribution in [0.5, 0.6) is 5.75 Å². The van der Waals surface area contributed by atoms with Crippen LogP contribution in [0.3, 0.4) is 0 Å². The molecule has 1 aromatic carbocycles. The van der Waals surface area contributed by atoms with Gasteiger partial charge in [-0.2, -0.15) is 0 Å². The molecule has 108 valence electrons. The van der Waals surface area contributed by atoms with E-state index in [-0.39, 0.29) is 24.7 Å². The van der Waals surface area contributed by atoms with E-state index in [0.29, 0.717) is 23.8 Å². The molecule has 0 spiro atoms. The van der Waals surface area contributed by atoms with Crippen molar-refractivity contribution >= 4 is 11.6 Å². The SMILES string of the molecule is NCc1cc([N+](=O)[O-])ccc1OCC(=O)NCC1CC1. The first-order chi connectivity index (χ1) is 9.60. The van der Waals surface area contributed by atoms with E-state index >= 15 is 0 Å². The highest BCUT2D eigenvalue weighted by atomic mass is 16.6. The Hall–Kier alpha value is -2.15. The Morgan fingerprint density at radius 2 is 2.25 bits per heavy atom. The third kappa shape index (κ3) is 3.92. The van der Waals surface area contributed by atoms with Gasteiger partial charge in [0.1, 0.15) is 5.75 Å². The first-order valence-corrected chi connectivity index (χ1v) is 6.47. The molecule has 1 fully saturated rings. The van der Waals surface area contributed by atoms with Crippen molar-refractivity contribution in [3.8, 4) is 5.75 Å². The Labute approximate surface area is 116 Å². The summed E-state index contributed by atoms with van der Waals surface area (Å²) in [5, 5.41) is 13.4. The van der Waals surface area contributed by atoms with E-state index in [1.807, 2.05) is 0 Å². The van der Waals surface area contributed by atoms with Crippen LogP contribution in [0.1, 0.15) is 18.4 Å². The van der Waals surface area contributed by atoms with Gasteiger partial charge in [-0.1, -0.05) is 0 Å². The van der Waals surface area contributed by atoms with E-state index in [2.05, 4.69) is 5.32 Å². The number of nitrogens with one attached hydrogen (secondary N) is 1. The Bertz CT molecular complexity index is 514. The van der Waals surface area contributed by atoms with Gasteiger partial charge in [0.25, 0.3) is 11.6 Å². The van der Waals surface area contributed by atoms with Gasteiger partial charge in [-0.15, -0.1) is 0 Å². The van der Waals surface area contributed by atoms with Gasteiger partial charge in [-0.3, -0.25) is 14.9 Å². The van der Waals surface area contributed by atoms with Crippen molar-refractivity contribution in [2.75, 3.05) is 13.2 Å². The number of rotatable bonds is 7. The lowest BCUT2D eigenvalue weighted by Gasteiger charge is -2.10. The fourth-order valence-electron chi connectivity index (χ4n) is 1.75. The van der Waals surface area contributed by atoms with Gasteiger partial charge in [0, 0.05) is 30.8 Å². The van der Waals surface area contributed by atoms with E-state index in [4.69, 9.17) is 10.5 Å². The van der Waals surface area contributed by atoms with Gasteiger partial charge < -0.3 is 15.8 Å². The standard InChI is InChI=1S/C13H17N3O4/c14-6-10-5-11(16(18)19)3-4-12(10)20-8-13(17)15-7-9-1-2-9/h3-5,9H,1-2,6-8,14H2,(H,15,17). The molecule has 2 rings (SSSR count). The zero-order valence-corrected chi connectivity index (χ0v) is 11.0. The third-order valence-electron chi connectivity index (χ3n) is 3.12. The number of nitrogens with zero attached hydrogens (tertiary/aromatic N) is 1. The second-order valence-electron chi connectivity index (χ2n) is 4.79. The summed E-state index contributed by atoms with van der Waals surface area (Å²) in [5.41, 5.74) is 5.99. The number of hydrogen-bond donors (Lipinski definition) is 2. The number of amides is 1. The maximum atomic E-state index is 11.5. The van der Waals surface area contributed by atoms with Crippen molar-refractivity contribution in [3.63, 3.8) is 0 Å². The van der Waals surface area contributed by atoms with E-state index < -0.39 is 4.92 Å². The minimum atomic E-state index is -0.495. The summed E-state index contributed by atoms with van der Waals surface area (Å²) in [6, 6.07) is 4.16. The molecule has 20 heavy (non-hydrogen) atoms. The van der Waals surface area contributed by atoms with Crippen molar-refractivity contribution in [1.82, 2.24) is 5.32 Å². The topological polar surface area (TPSA) is 107 Å². The minimum absolute atomic E-state index is 0.0454. The van der Waals surface area contributed by atoms with Crippen molar-refractivity contribution < 1.29 is 14.5 Å². The fraction of sp³-hybridized carbons (Fsp3) is 0.462. The highest BCUT2D eigenvalue weighted by Crippen LogP contribution is 2.27. The number of carbonyl (C=O) groups is 1. The van der Waals surface area contributed by atoms with Crippen LogP contribution in [0, 0.1) is 16.0 Å². The molecule has 0 unspecified atom stereocenters. The predicted molar refractivity (Wildman–Crippen MR) is 72.2 cm³/mol. The third-order valence-corrected chi connectivity index (χ3v) is 3.12. The fourth-order valence-corrected chi connectivity index (χ4v) is 1.75. The molecule has 0 atom stereocenters. The van der Waals surface area contributed by atoms with Crippen molar-refractivity contribution in [1.29, 1.82) is 0 Å². The lowest BCUT2D eigenvalue weighted by molar-refractivity contribution is -0.384. The second-order valence-corrected chi connectivity index (χ2v) is 4.79. The number of nitrogens with two attached hydrogens (primary N) is 1. The molecule has 0 bridgehead atoms. The van der Waals surface area contributed by atoms with Crippen LogP contribution < -0.4 is 15.8 Å². The molecule has 0 radical (unpaired) electrons. The van der Waals surface area contributed by atoms with Crippen molar-refractivity contribution in [2.24, 2.45) is 11.7 Å². The molecule has 1 saturated carbocycles. The van der Waals surface area contributed by atoms with E-state index in [0.717, 1.165) is 0 Å². The van der Waals surface area contributed by atoms with Crippen LogP contribution >= 0.6 is 0 Å². The Balaban J connectivity index is 1.90. The summed E-state index contributed by atoms with van der Waals surface area (Å²) in [6.07, 6.45) is 2.33. The summed E-state index contributed by atoms with van der Waals surface area (Å²) in [5.74, 6) is 0.816. The zero-order chi connectivity index (χ0) is 14.5. The maximum absolute atomic E-state index is 11.5. The number of nitro groups is 1. The summed E-state index contributed by atoms with van der Waals surface area (Å²) in [4.78, 5) is 21.7. The molecule has 1 aliphatic carbocycles. The maximum Gasteiger partial charge on any atom is 0.270 e. The summed E-state index contributed by atoms with van der Waals surface area (Å²) >= 11 is 0. The highest BCUT2D eigenvalue weighted by molar-refractivity contribution is 5.77. The number of benzene rings is 1. The number of non-ortho nitro benzene ring substituents is 1. The number of hydrogen-bond acceptors (Lipinski definition) is 5. The van der Waals surface area contributed by atoms with Crippen molar-refractivity contribution in [3.05, 3.63) is 33.9 Å². The molecule has 1 aromatic rings. The molecule has 7 nitrogen and oxygen atoms in total. The average molecular weight is 279 g/mol. The Morgan fingerprint density at radius 1 is 1.50 bits per heavy atom. The average Bonchev–Trinajstić information content (AvgIpc) is 3.26. The van der Waals surface area contributed by atoms with Crippen molar-refractivity contribution in [2.45, 2.75) is 19.4 Å². The van der Waals surface area contributed by atoms with Gasteiger partial charge in [0.2, 0.25) is 0 Å². The lowest BCUT2D eigenvalue weighted by atomic mass is 10.2. The second kappa shape index (κ2) is 6.33. The zero-order valence-electron chi connectivity index (χ0n) is 11.0. The first kappa shape index (κ1) is 14.3. The van der Waals surface area contributed by atoms with E-state index in [9.17, 15) is 14.9 Å². The molecular weight excluding hydrogens is 262 g/mol. The molecule has 0 saturated heterocycles. The Morgan fingerprint density at radius 3 is 2.85 bits per heavy atom. The molecule has 1 amide bonds. The molecule has 1 aliphatic rings. The molecule has 0 aliphatic heterocycles. The van der Waals surface area contributed by atoms with Crippen LogP contribution in [0.4, 0.5) is 5.69 Å². The molecule has 3 N–H and O–H groups in total. The number of carbonyl (C=O) groups excluding carboxylic acids is 1. The largest absolute Gasteiger partial charge is 0.483 e. The predicted octanol–water partition coefficient (Wildman–Crippen LogP) is 0.958. The Kier molecular flexibility index (Phi) is 4.52. The quantitative estimate of drug-likeness (QED) is 0.571. The summed E-state index contributed by atoms with van der Waals surface area (Å²) < 4.78 is 5.36. The normalized spacial score (nSPS) is 13.8. The van der Waals surface area contributed by atoms with Crippen LogP contribution in [0.2, 0.25) is 0 Å². The van der Waals surface area contributed by atoms with Gasteiger partial charge in [0.15, 0.2) is 6.61 Å². The summed E-state index contributed by atoms with van der Waals surface area (Å²) in [6.45, 7) is 0.685. The van der Waals surface area contributed by atoms with E-state index in [1.54, 1.807) is 0 Å². The van der Waals surface area contributed by atoms with Gasteiger partial charge in [0.05, 0.1) is 4.92 Å². The first-order valence-electron chi connectivity index (χ1n) is 6.47. The molecular formula is C13H17N3O4. The van der Waals surface area contributed by atoms with Gasteiger partial charge in [-0.05, 0) is 24.8 Å². The molecule has 7 heteroatoms. The highest BCUT2D eigenvalue weighted by Gasteiger charge is 2.21. The molecule has 0 heterocycles. The smallest absolute Gasteiger partial charge is 0.270 e. The van der Waals surface area contributed by atoms with Crippen LogP contribution in [0.25, 0.3) is 0 Å². The van der Waals surface area contributed by atoms with Gasteiger partial charge in [-0.25, -0.2) is 0 Å². The van der Waals surface area contributed by atoms with E-state index in [1.165, 1.54) is 31.0 Å². The number of ether oxygens (including phenoxy) is 1. The minimum Gasteiger partial charge on any atom is -0.483 e. The monoisotopic (exact) mass is 279 g/mol. The number of nitro benzene ring substituents is 1. The lowest BCUT2D eigenvalue weighted by Crippen LogP contribution is -2.30.